The molecule has 1 heterocycles. The molecule has 1 N–H and O–H groups in total. The normalized spacial score (nSPS) is 10.7. The van der Waals surface area contributed by atoms with E-state index in [0.29, 0.717) is 5.76 Å². The van der Waals surface area contributed by atoms with Crippen molar-refractivity contribution in [3.8, 4) is 0 Å². The van der Waals surface area contributed by atoms with E-state index >= 15 is 0 Å². The van der Waals surface area contributed by atoms with Crippen LogP contribution in [0.1, 0.15) is 16.9 Å². The van der Waals surface area contributed by atoms with E-state index in [1.807, 2.05) is 31.2 Å². The average Bonchev–Trinajstić information content (AvgIpc) is 2.93. The Kier molecular flexibility index (Phi) is 3.87. The quantitative estimate of drug-likeness (QED) is 0.765. The van der Waals surface area contributed by atoms with Crippen molar-refractivity contribution < 1.29 is 13.2 Å². The second kappa shape index (κ2) is 5.97. The first-order valence-electron chi connectivity index (χ1n) is 6.83. The number of nitrogens with one attached hydrogen (secondary N) is 1. The van der Waals surface area contributed by atoms with Gasteiger partial charge in [0, 0.05) is 17.7 Å². The van der Waals surface area contributed by atoms with E-state index in [9.17, 15) is 8.78 Å². The van der Waals surface area contributed by atoms with Crippen LogP contribution in [-0.4, -0.2) is 4.98 Å². The molecule has 3 rings (SSSR count). The highest BCUT2D eigenvalue weighted by molar-refractivity contribution is 5.52. The molecule has 0 atom stereocenters. The molecule has 3 nitrogen and oxygen atoms in total. The Bertz CT molecular complexity index is 761. The van der Waals surface area contributed by atoms with Gasteiger partial charge in [0.05, 0.1) is 6.20 Å². The topological polar surface area (TPSA) is 38.1 Å². The highest BCUT2D eigenvalue weighted by Crippen LogP contribution is 2.21. The number of benzene rings is 2. The number of hydrogen-bond donors (Lipinski definition) is 1. The Morgan fingerprint density at radius 3 is 2.41 bits per heavy atom. The zero-order chi connectivity index (χ0) is 15.5. The number of anilines is 2. The van der Waals surface area contributed by atoms with Gasteiger partial charge >= 0.3 is 0 Å². The number of hydrogen-bond acceptors (Lipinski definition) is 3. The molecule has 2 aromatic carbocycles. The predicted molar refractivity (Wildman–Crippen MR) is 80.1 cm³/mol. The summed E-state index contributed by atoms with van der Waals surface area (Å²) in [7, 11) is 0. The Morgan fingerprint density at radius 2 is 1.73 bits per heavy atom. The predicted octanol–water partition coefficient (Wildman–Crippen LogP) is 4.60. The first kappa shape index (κ1) is 14.3. The van der Waals surface area contributed by atoms with Crippen LogP contribution in [0, 0.1) is 18.6 Å². The minimum Gasteiger partial charge on any atom is -0.428 e. The Morgan fingerprint density at radius 1 is 1.05 bits per heavy atom. The monoisotopic (exact) mass is 300 g/mol. The maximum Gasteiger partial charge on any atom is 0.299 e. The van der Waals surface area contributed by atoms with Gasteiger partial charge in [-0.15, -0.1) is 0 Å². The van der Waals surface area contributed by atoms with Crippen molar-refractivity contribution >= 4 is 11.7 Å². The summed E-state index contributed by atoms with van der Waals surface area (Å²) in [4.78, 5) is 4.07. The zero-order valence-electron chi connectivity index (χ0n) is 11.9. The molecule has 1 aromatic heterocycles. The van der Waals surface area contributed by atoms with Crippen molar-refractivity contribution in [1.82, 2.24) is 4.98 Å². The van der Waals surface area contributed by atoms with Crippen molar-refractivity contribution in [2.24, 2.45) is 0 Å². The van der Waals surface area contributed by atoms with Crippen LogP contribution in [0.2, 0.25) is 0 Å². The van der Waals surface area contributed by atoms with E-state index in [4.69, 9.17) is 4.42 Å². The molecular weight excluding hydrogens is 286 g/mol. The van der Waals surface area contributed by atoms with E-state index < -0.39 is 11.6 Å². The third-order valence-corrected chi connectivity index (χ3v) is 3.27. The van der Waals surface area contributed by atoms with Gasteiger partial charge < -0.3 is 9.73 Å². The molecule has 0 bridgehead atoms. The van der Waals surface area contributed by atoms with Crippen LogP contribution in [-0.2, 0) is 6.42 Å². The number of nitrogens with zero attached hydrogens (tertiary/aromatic N) is 1. The van der Waals surface area contributed by atoms with Gasteiger partial charge in [0.2, 0.25) is 0 Å². The summed E-state index contributed by atoms with van der Waals surface area (Å²) >= 11 is 0. The summed E-state index contributed by atoms with van der Waals surface area (Å²) in [6.07, 6.45) is 1.48. The van der Waals surface area contributed by atoms with Crippen LogP contribution in [0.25, 0.3) is 0 Å². The fourth-order valence-electron chi connectivity index (χ4n) is 2.08. The van der Waals surface area contributed by atoms with Crippen molar-refractivity contribution in [2.75, 3.05) is 5.32 Å². The summed E-state index contributed by atoms with van der Waals surface area (Å²) in [6, 6.07) is 11.8. The molecule has 0 aliphatic carbocycles. The fourth-order valence-corrected chi connectivity index (χ4v) is 2.08. The van der Waals surface area contributed by atoms with Crippen LogP contribution in [0.4, 0.5) is 20.5 Å². The molecular formula is C17H14F2N2O. The van der Waals surface area contributed by atoms with Crippen molar-refractivity contribution in [2.45, 2.75) is 13.3 Å². The fraction of sp³-hybridized carbons (Fsp3) is 0.118. The highest BCUT2D eigenvalue weighted by atomic mass is 19.1. The summed E-state index contributed by atoms with van der Waals surface area (Å²) in [6.45, 7) is 2.00. The minimum atomic E-state index is -0.593. The second-order valence-corrected chi connectivity index (χ2v) is 5.00. The smallest absolute Gasteiger partial charge is 0.299 e. The summed E-state index contributed by atoms with van der Waals surface area (Å²) < 4.78 is 32.7. The van der Waals surface area contributed by atoms with Crippen LogP contribution >= 0.6 is 0 Å². The van der Waals surface area contributed by atoms with Gasteiger partial charge in [-0.1, -0.05) is 23.8 Å². The van der Waals surface area contributed by atoms with Gasteiger partial charge in [0.25, 0.3) is 6.01 Å². The maximum absolute atomic E-state index is 13.6. The summed E-state index contributed by atoms with van der Waals surface area (Å²) in [5, 5.41) is 3.00. The van der Waals surface area contributed by atoms with Crippen molar-refractivity contribution in [3.05, 3.63) is 77.2 Å². The molecule has 0 saturated heterocycles. The molecule has 0 spiro atoms. The molecule has 22 heavy (non-hydrogen) atoms. The third-order valence-electron chi connectivity index (χ3n) is 3.27. The molecule has 0 amide bonds. The van der Waals surface area contributed by atoms with Crippen LogP contribution in [0.15, 0.2) is 53.1 Å². The minimum absolute atomic E-state index is 0.0150. The van der Waals surface area contributed by atoms with Gasteiger partial charge in [-0.2, -0.15) is 0 Å². The summed E-state index contributed by atoms with van der Waals surface area (Å²) in [5.74, 6) is -0.799. The Labute approximate surface area is 126 Å². The van der Waals surface area contributed by atoms with Crippen molar-refractivity contribution in [3.63, 3.8) is 0 Å². The molecule has 0 saturated carbocycles. The van der Waals surface area contributed by atoms with Crippen LogP contribution in [0.5, 0.6) is 0 Å². The third kappa shape index (κ3) is 3.14. The molecule has 0 unspecified atom stereocenters. The summed E-state index contributed by atoms with van der Waals surface area (Å²) in [5.41, 5.74) is 1.95. The second-order valence-electron chi connectivity index (χ2n) is 5.00. The molecule has 0 radical (unpaired) electrons. The van der Waals surface area contributed by atoms with Gasteiger partial charge in [-0.3, -0.25) is 0 Å². The molecule has 112 valence electrons. The standard InChI is InChI=1S/C17H14F2N2O/c1-11-5-7-12(8-6-11)21-17-20-10-13(22-17)9-14-15(18)3-2-4-16(14)19/h2-8,10H,9H2,1H3,(H,20,21). The first-order chi connectivity index (χ1) is 10.6. The lowest BCUT2D eigenvalue weighted by atomic mass is 10.1. The maximum atomic E-state index is 13.6. The lowest BCUT2D eigenvalue weighted by Gasteiger charge is -2.03. The van der Waals surface area contributed by atoms with E-state index in [-0.39, 0.29) is 18.0 Å². The van der Waals surface area contributed by atoms with Gasteiger partial charge in [-0.25, -0.2) is 13.8 Å². The Balaban J connectivity index is 1.75. The highest BCUT2D eigenvalue weighted by Gasteiger charge is 2.12. The number of rotatable bonds is 4. The SMILES string of the molecule is Cc1ccc(Nc2ncc(Cc3c(F)cccc3F)o2)cc1. The van der Waals surface area contributed by atoms with E-state index in [1.54, 1.807) is 0 Å². The molecule has 0 aliphatic rings. The van der Waals surface area contributed by atoms with Gasteiger partial charge in [0.1, 0.15) is 17.4 Å². The lowest BCUT2D eigenvalue weighted by Crippen LogP contribution is -1.95. The van der Waals surface area contributed by atoms with Crippen LogP contribution in [0.3, 0.4) is 0 Å². The number of oxazole rings is 1. The largest absolute Gasteiger partial charge is 0.428 e. The molecule has 3 aromatic rings. The lowest BCUT2D eigenvalue weighted by molar-refractivity contribution is 0.511. The molecule has 0 fully saturated rings. The van der Waals surface area contributed by atoms with Gasteiger partial charge in [-0.05, 0) is 31.2 Å². The van der Waals surface area contributed by atoms with Gasteiger partial charge in [0.15, 0.2) is 0 Å². The van der Waals surface area contributed by atoms with E-state index in [1.165, 1.54) is 24.4 Å². The van der Waals surface area contributed by atoms with E-state index in [2.05, 4.69) is 10.3 Å². The Hall–Kier alpha value is -2.69. The molecule has 0 aliphatic heterocycles. The molecule has 5 heteroatoms. The first-order valence-corrected chi connectivity index (χ1v) is 6.83. The zero-order valence-corrected chi connectivity index (χ0v) is 11.9. The van der Waals surface area contributed by atoms with Crippen LogP contribution < -0.4 is 5.32 Å². The number of aromatic nitrogens is 1. The van der Waals surface area contributed by atoms with Crippen molar-refractivity contribution in [1.29, 1.82) is 0 Å². The number of aryl methyl sites for hydroxylation is 1. The van der Waals surface area contributed by atoms with E-state index in [0.717, 1.165) is 11.3 Å². The number of halogens is 2. The average molecular weight is 300 g/mol.